The molecular formula is C13H21N5O2S. The summed E-state index contributed by atoms with van der Waals surface area (Å²) in [5.41, 5.74) is 11.0. The lowest BCUT2D eigenvalue weighted by Crippen LogP contribution is -2.33. The van der Waals surface area contributed by atoms with Gasteiger partial charge in [0.15, 0.2) is 5.13 Å². The standard InChI is InChI=1S/C13H21N5O2S/c1-13(20)3-5-18(7-13)11(19)9-10(15)16-12(21-9)17-4-2-8(14)6-17/h8,20H,2-7,14-15H2,1H3. The summed E-state index contributed by atoms with van der Waals surface area (Å²) in [5.74, 6) is 0.129. The fraction of sp³-hybridized carbons (Fsp3) is 0.692. The number of hydrogen-bond donors (Lipinski definition) is 3. The van der Waals surface area contributed by atoms with Gasteiger partial charge in [-0.05, 0) is 19.8 Å². The third-order valence-electron chi connectivity index (χ3n) is 4.07. The van der Waals surface area contributed by atoms with Crippen molar-refractivity contribution in [2.75, 3.05) is 36.8 Å². The van der Waals surface area contributed by atoms with Crippen LogP contribution in [0.4, 0.5) is 10.9 Å². The molecule has 2 aliphatic rings. The Hall–Kier alpha value is -1.38. The Morgan fingerprint density at radius 1 is 1.52 bits per heavy atom. The van der Waals surface area contributed by atoms with E-state index in [1.807, 2.05) is 0 Å². The summed E-state index contributed by atoms with van der Waals surface area (Å²) in [4.78, 5) is 21.0. The van der Waals surface area contributed by atoms with E-state index in [-0.39, 0.29) is 17.8 Å². The Morgan fingerprint density at radius 3 is 2.86 bits per heavy atom. The van der Waals surface area contributed by atoms with Crippen LogP contribution in [0.5, 0.6) is 0 Å². The van der Waals surface area contributed by atoms with E-state index in [0.29, 0.717) is 24.4 Å². The fourth-order valence-electron chi connectivity index (χ4n) is 2.83. The molecule has 0 saturated carbocycles. The highest BCUT2D eigenvalue weighted by Gasteiger charge is 2.36. The van der Waals surface area contributed by atoms with Crippen molar-refractivity contribution in [3.05, 3.63) is 4.88 Å². The van der Waals surface area contributed by atoms with E-state index in [2.05, 4.69) is 9.88 Å². The summed E-state index contributed by atoms with van der Waals surface area (Å²) in [5, 5.41) is 10.7. The van der Waals surface area contributed by atoms with Crippen molar-refractivity contribution in [1.29, 1.82) is 0 Å². The molecule has 1 aromatic heterocycles. The Bertz CT molecular complexity index is 559. The fourth-order valence-corrected chi connectivity index (χ4v) is 3.82. The van der Waals surface area contributed by atoms with Crippen molar-refractivity contribution in [2.45, 2.75) is 31.4 Å². The first kappa shape index (κ1) is 14.6. The molecule has 21 heavy (non-hydrogen) atoms. The molecule has 2 atom stereocenters. The van der Waals surface area contributed by atoms with Crippen molar-refractivity contribution < 1.29 is 9.90 Å². The predicted octanol–water partition coefficient (Wildman–Crippen LogP) is -0.140. The van der Waals surface area contributed by atoms with E-state index < -0.39 is 5.60 Å². The lowest BCUT2D eigenvalue weighted by atomic mass is 10.1. The number of carbonyl (C=O) groups is 1. The molecule has 3 rings (SSSR count). The van der Waals surface area contributed by atoms with Crippen LogP contribution in [0.25, 0.3) is 0 Å². The topological polar surface area (TPSA) is 109 Å². The molecule has 0 aliphatic carbocycles. The maximum absolute atomic E-state index is 12.5. The van der Waals surface area contributed by atoms with Gasteiger partial charge in [0.05, 0.1) is 5.60 Å². The van der Waals surface area contributed by atoms with Crippen LogP contribution in [-0.4, -0.2) is 58.7 Å². The summed E-state index contributed by atoms with van der Waals surface area (Å²) in [7, 11) is 0. The van der Waals surface area contributed by atoms with Crippen LogP contribution < -0.4 is 16.4 Å². The number of nitrogens with zero attached hydrogens (tertiary/aromatic N) is 3. The molecule has 0 radical (unpaired) electrons. The van der Waals surface area contributed by atoms with E-state index >= 15 is 0 Å². The quantitative estimate of drug-likeness (QED) is 0.701. The van der Waals surface area contributed by atoms with Crippen molar-refractivity contribution in [1.82, 2.24) is 9.88 Å². The van der Waals surface area contributed by atoms with Gasteiger partial charge in [0.25, 0.3) is 5.91 Å². The molecule has 0 bridgehead atoms. The summed E-state index contributed by atoms with van der Waals surface area (Å²) in [6, 6.07) is 0.156. The number of β-amino-alcohol motifs (C(OH)–C–C–N with tert-alkyl or cyclic N) is 1. The minimum atomic E-state index is -0.806. The molecule has 2 unspecified atom stereocenters. The van der Waals surface area contributed by atoms with Gasteiger partial charge in [0.1, 0.15) is 10.7 Å². The zero-order valence-electron chi connectivity index (χ0n) is 12.1. The smallest absolute Gasteiger partial charge is 0.267 e. The van der Waals surface area contributed by atoms with Crippen molar-refractivity contribution in [2.24, 2.45) is 5.73 Å². The molecule has 2 aliphatic heterocycles. The number of likely N-dealkylation sites (tertiary alicyclic amines) is 1. The van der Waals surface area contributed by atoms with Crippen LogP contribution in [0.3, 0.4) is 0 Å². The minimum Gasteiger partial charge on any atom is -0.388 e. The highest BCUT2D eigenvalue weighted by atomic mass is 32.1. The summed E-state index contributed by atoms with van der Waals surface area (Å²) in [6.07, 6.45) is 1.52. The van der Waals surface area contributed by atoms with Crippen molar-refractivity contribution in [3.8, 4) is 0 Å². The number of thiazole rings is 1. The number of anilines is 2. The second-order valence-corrected chi connectivity index (χ2v) is 7.16. The first-order valence-corrected chi connectivity index (χ1v) is 7.96. The molecule has 2 fully saturated rings. The zero-order chi connectivity index (χ0) is 15.2. The maximum Gasteiger partial charge on any atom is 0.267 e. The third-order valence-corrected chi connectivity index (χ3v) is 5.19. The number of carbonyl (C=O) groups excluding carboxylic acids is 1. The number of rotatable bonds is 2. The van der Waals surface area contributed by atoms with Gasteiger partial charge in [-0.3, -0.25) is 4.79 Å². The van der Waals surface area contributed by atoms with Crippen molar-refractivity contribution in [3.63, 3.8) is 0 Å². The van der Waals surface area contributed by atoms with Crippen LogP contribution in [-0.2, 0) is 0 Å². The SMILES string of the molecule is CC1(O)CCN(C(=O)c2sc(N3CCC(N)C3)nc2N)C1. The van der Waals surface area contributed by atoms with Crippen LogP contribution in [0, 0.1) is 0 Å². The van der Waals surface area contributed by atoms with E-state index in [9.17, 15) is 9.90 Å². The van der Waals surface area contributed by atoms with Gasteiger partial charge in [-0.1, -0.05) is 11.3 Å². The molecule has 116 valence electrons. The molecule has 2 saturated heterocycles. The number of hydrogen-bond acceptors (Lipinski definition) is 7. The number of aliphatic hydroxyl groups is 1. The molecular weight excluding hydrogens is 290 g/mol. The summed E-state index contributed by atoms with van der Waals surface area (Å²) in [6.45, 7) is 4.23. The Labute approximate surface area is 127 Å². The Kier molecular flexibility index (Phi) is 3.54. The van der Waals surface area contributed by atoms with Gasteiger partial charge < -0.3 is 26.4 Å². The van der Waals surface area contributed by atoms with E-state index in [1.165, 1.54) is 11.3 Å². The molecule has 1 amide bonds. The summed E-state index contributed by atoms with van der Waals surface area (Å²) < 4.78 is 0. The minimum absolute atomic E-state index is 0.141. The van der Waals surface area contributed by atoms with Gasteiger partial charge >= 0.3 is 0 Å². The molecule has 8 heteroatoms. The molecule has 0 aromatic carbocycles. The highest BCUT2D eigenvalue weighted by Crippen LogP contribution is 2.32. The Morgan fingerprint density at radius 2 is 2.29 bits per heavy atom. The normalized spacial score (nSPS) is 29.4. The average Bonchev–Trinajstić information content (AvgIpc) is 3.08. The largest absolute Gasteiger partial charge is 0.388 e. The lowest BCUT2D eigenvalue weighted by molar-refractivity contribution is 0.0575. The third kappa shape index (κ3) is 2.83. The monoisotopic (exact) mass is 311 g/mol. The summed E-state index contributed by atoms with van der Waals surface area (Å²) >= 11 is 1.32. The van der Waals surface area contributed by atoms with E-state index in [0.717, 1.165) is 24.6 Å². The van der Waals surface area contributed by atoms with Crippen LogP contribution in [0.2, 0.25) is 0 Å². The molecule has 7 nitrogen and oxygen atoms in total. The lowest BCUT2D eigenvalue weighted by Gasteiger charge is -2.18. The van der Waals surface area contributed by atoms with Crippen LogP contribution in [0.1, 0.15) is 29.4 Å². The average molecular weight is 311 g/mol. The molecule has 1 aromatic rings. The van der Waals surface area contributed by atoms with Gasteiger partial charge in [-0.25, -0.2) is 4.98 Å². The number of nitrogens with two attached hydrogens (primary N) is 2. The van der Waals surface area contributed by atoms with Gasteiger partial charge in [-0.15, -0.1) is 0 Å². The van der Waals surface area contributed by atoms with E-state index in [4.69, 9.17) is 11.5 Å². The zero-order valence-corrected chi connectivity index (χ0v) is 12.9. The first-order valence-electron chi connectivity index (χ1n) is 7.14. The number of amides is 1. The molecule has 0 spiro atoms. The van der Waals surface area contributed by atoms with Gasteiger partial charge in [0.2, 0.25) is 0 Å². The number of nitrogen functional groups attached to an aromatic ring is 1. The molecule has 5 N–H and O–H groups in total. The van der Waals surface area contributed by atoms with Crippen LogP contribution >= 0.6 is 11.3 Å². The first-order chi connectivity index (χ1) is 9.85. The van der Waals surface area contributed by atoms with Crippen molar-refractivity contribution >= 4 is 28.2 Å². The Balaban J connectivity index is 1.77. The molecule has 3 heterocycles. The van der Waals surface area contributed by atoms with E-state index in [1.54, 1.807) is 11.8 Å². The van der Waals surface area contributed by atoms with Gasteiger partial charge in [0, 0.05) is 32.2 Å². The number of aromatic nitrogens is 1. The highest BCUT2D eigenvalue weighted by molar-refractivity contribution is 7.18. The predicted molar refractivity (Wildman–Crippen MR) is 82.5 cm³/mol. The van der Waals surface area contributed by atoms with Crippen LogP contribution in [0.15, 0.2) is 0 Å². The second kappa shape index (κ2) is 5.11. The second-order valence-electron chi connectivity index (χ2n) is 6.18. The maximum atomic E-state index is 12.5. The van der Waals surface area contributed by atoms with Gasteiger partial charge in [-0.2, -0.15) is 0 Å².